The van der Waals surface area contributed by atoms with Crippen LogP contribution in [0.5, 0.6) is 0 Å². The van der Waals surface area contributed by atoms with Gasteiger partial charge in [0.05, 0.1) is 11.9 Å². The molecular formula is C8H3BrNa2O4. The number of hydrogen-bond acceptors (Lipinski definition) is 4. The maximum absolute atomic E-state index is 10.5. The molecule has 0 spiro atoms. The van der Waals surface area contributed by atoms with Gasteiger partial charge in [-0.05, 0) is 6.07 Å². The summed E-state index contributed by atoms with van der Waals surface area (Å²) in [6.45, 7) is 0. The van der Waals surface area contributed by atoms with E-state index < -0.39 is 23.1 Å². The molecule has 0 amide bonds. The Morgan fingerprint density at radius 2 is 1.60 bits per heavy atom. The Morgan fingerprint density at radius 1 is 1.07 bits per heavy atom. The molecule has 15 heavy (non-hydrogen) atoms. The molecule has 0 unspecified atom stereocenters. The second-order valence-electron chi connectivity index (χ2n) is 2.24. The van der Waals surface area contributed by atoms with Crippen molar-refractivity contribution >= 4 is 27.9 Å². The summed E-state index contributed by atoms with van der Waals surface area (Å²) in [5, 5.41) is 21.0. The van der Waals surface area contributed by atoms with Crippen molar-refractivity contribution in [1.29, 1.82) is 0 Å². The number of rotatable bonds is 2. The van der Waals surface area contributed by atoms with Crippen molar-refractivity contribution in [2.75, 3.05) is 0 Å². The fourth-order valence-electron chi connectivity index (χ4n) is 0.902. The molecule has 0 N–H and O–H groups in total. The largest absolute Gasteiger partial charge is 1.00 e. The standard InChI is InChI=1S/C8H5BrO4.2Na/c9-5-3-1-2-4(7(10)11)6(5)8(12)13;;/h1-3H,(H,10,11)(H,12,13);;/q;2*+1/p-2. The fraction of sp³-hybridized carbons (Fsp3) is 0. The van der Waals surface area contributed by atoms with Gasteiger partial charge in [-0.2, -0.15) is 0 Å². The number of aromatic carboxylic acids is 2. The molecule has 0 aliphatic rings. The number of carboxylic acid groups (broad SMARTS) is 2. The maximum Gasteiger partial charge on any atom is 1.00 e. The third-order valence-electron chi connectivity index (χ3n) is 1.44. The van der Waals surface area contributed by atoms with Gasteiger partial charge in [0.25, 0.3) is 0 Å². The van der Waals surface area contributed by atoms with Crippen molar-refractivity contribution in [2.45, 2.75) is 0 Å². The molecule has 0 radical (unpaired) electrons. The molecular weight excluding hydrogens is 286 g/mol. The molecule has 0 aliphatic heterocycles. The summed E-state index contributed by atoms with van der Waals surface area (Å²) in [6, 6.07) is 3.96. The molecule has 0 aliphatic carbocycles. The Morgan fingerprint density at radius 3 is 1.93 bits per heavy atom. The first-order valence-electron chi connectivity index (χ1n) is 3.25. The van der Waals surface area contributed by atoms with Crippen LogP contribution in [-0.2, 0) is 0 Å². The second-order valence-corrected chi connectivity index (χ2v) is 3.09. The normalized spacial score (nSPS) is 8.33. The molecule has 1 rings (SSSR count). The molecule has 0 heterocycles. The summed E-state index contributed by atoms with van der Waals surface area (Å²) in [6.07, 6.45) is 0. The third kappa shape index (κ3) is 4.56. The smallest absolute Gasteiger partial charge is 0.545 e. The van der Waals surface area contributed by atoms with Gasteiger partial charge >= 0.3 is 59.1 Å². The topological polar surface area (TPSA) is 80.3 Å². The molecule has 0 saturated heterocycles. The Bertz CT molecular complexity index is 381. The van der Waals surface area contributed by atoms with Crippen molar-refractivity contribution in [3.8, 4) is 0 Å². The van der Waals surface area contributed by atoms with Crippen LogP contribution in [0.2, 0.25) is 0 Å². The SMILES string of the molecule is O=C([O-])c1cccc(Br)c1C(=O)[O-].[Na+].[Na+]. The molecule has 1 aromatic carbocycles. The van der Waals surface area contributed by atoms with Crippen molar-refractivity contribution in [1.82, 2.24) is 0 Å². The Kier molecular flexibility index (Phi) is 9.42. The minimum Gasteiger partial charge on any atom is -0.545 e. The zero-order valence-corrected chi connectivity index (χ0v) is 13.8. The van der Waals surface area contributed by atoms with Crippen molar-refractivity contribution < 1.29 is 78.9 Å². The van der Waals surface area contributed by atoms with Crippen LogP contribution in [0.4, 0.5) is 0 Å². The number of carboxylic acids is 2. The summed E-state index contributed by atoms with van der Waals surface area (Å²) >= 11 is 2.90. The van der Waals surface area contributed by atoms with E-state index in [9.17, 15) is 19.8 Å². The number of hydrogen-bond donors (Lipinski definition) is 0. The van der Waals surface area contributed by atoms with Crippen LogP contribution in [0.3, 0.4) is 0 Å². The Balaban J connectivity index is 0. The van der Waals surface area contributed by atoms with Gasteiger partial charge in [-0.15, -0.1) is 0 Å². The zero-order chi connectivity index (χ0) is 10.0. The van der Waals surface area contributed by atoms with E-state index in [1.54, 1.807) is 0 Å². The van der Waals surface area contributed by atoms with E-state index >= 15 is 0 Å². The summed E-state index contributed by atoms with van der Waals surface area (Å²) in [5.41, 5.74) is -0.795. The number of halogens is 1. The van der Waals surface area contributed by atoms with Gasteiger partial charge in [0.15, 0.2) is 0 Å². The molecule has 1 aromatic rings. The predicted molar refractivity (Wildman–Crippen MR) is 42.8 cm³/mol. The van der Waals surface area contributed by atoms with Gasteiger partial charge in [-0.1, -0.05) is 28.1 Å². The average Bonchev–Trinajstić information content (AvgIpc) is 2.02. The zero-order valence-electron chi connectivity index (χ0n) is 8.24. The minimum atomic E-state index is -1.55. The Hall–Kier alpha value is 0.640. The molecule has 4 nitrogen and oxygen atoms in total. The molecule has 68 valence electrons. The van der Waals surface area contributed by atoms with Gasteiger partial charge in [0.2, 0.25) is 0 Å². The van der Waals surface area contributed by atoms with E-state index in [0.29, 0.717) is 0 Å². The first-order valence-corrected chi connectivity index (χ1v) is 4.04. The maximum atomic E-state index is 10.5. The van der Waals surface area contributed by atoms with Crippen LogP contribution < -0.4 is 69.3 Å². The van der Waals surface area contributed by atoms with Gasteiger partial charge in [-0.25, -0.2) is 0 Å². The number of carbonyl (C=O) groups excluding carboxylic acids is 2. The van der Waals surface area contributed by atoms with Gasteiger partial charge in [0, 0.05) is 15.6 Å². The van der Waals surface area contributed by atoms with E-state index in [2.05, 4.69) is 15.9 Å². The van der Waals surface area contributed by atoms with Gasteiger partial charge < -0.3 is 19.8 Å². The average molecular weight is 289 g/mol. The van der Waals surface area contributed by atoms with E-state index in [-0.39, 0.29) is 63.6 Å². The van der Waals surface area contributed by atoms with Gasteiger partial charge in [-0.3, -0.25) is 0 Å². The van der Waals surface area contributed by atoms with Crippen LogP contribution in [0.15, 0.2) is 22.7 Å². The fourth-order valence-corrected chi connectivity index (χ4v) is 1.43. The van der Waals surface area contributed by atoms with E-state index in [0.717, 1.165) is 6.07 Å². The molecule has 0 atom stereocenters. The summed E-state index contributed by atoms with van der Waals surface area (Å²) in [4.78, 5) is 21.0. The monoisotopic (exact) mass is 288 g/mol. The van der Waals surface area contributed by atoms with Crippen LogP contribution in [0, 0.1) is 0 Å². The summed E-state index contributed by atoms with van der Waals surface area (Å²) in [5.74, 6) is -3.09. The van der Waals surface area contributed by atoms with Crippen LogP contribution in [0.1, 0.15) is 20.7 Å². The first kappa shape index (κ1) is 18.0. The van der Waals surface area contributed by atoms with E-state index in [4.69, 9.17) is 0 Å². The van der Waals surface area contributed by atoms with Crippen molar-refractivity contribution in [3.05, 3.63) is 33.8 Å². The van der Waals surface area contributed by atoms with E-state index in [1.807, 2.05) is 0 Å². The second kappa shape index (κ2) is 7.84. The number of benzene rings is 1. The molecule has 0 aromatic heterocycles. The van der Waals surface area contributed by atoms with Gasteiger partial charge in [0.1, 0.15) is 0 Å². The minimum absolute atomic E-state index is 0. The quantitative estimate of drug-likeness (QED) is 0.507. The van der Waals surface area contributed by atoms with Crippen molar-refractivity contribution in [3.63, 3.8) is 0 Å². The van der Waals surface area contributed by atoms with Crippen LogP contribution >= 0.6 is 15.9 Å². The molecule has 0 fully saturated rings. The van der Waals surface area contributed by atoms with E-state index in [1.165, 1.54) is 12.1 Å². The number of carbonyl (C=O) groups is 2. The molecule has 0 saturated carbocycles. The first-order chi connectivity index (χ1) is 6.04. The molecule has 0 bridgehead atoms. The summed E-state index contributed by atoms with van der Waals surface area (Å²) in [7, 11) is 0. The third-order valence-corrected chi connectivity index (χ3v) is 2.10. The van der Waals surface area contributed by atoms with Crippen molar-refractivity contribution in [2.24, 2.45) is 0 Å². The van der Waals surface area contributed by atoms with Crippen LogP contribution in [-0.4, -0.2) is 11.9 Å². The van der Waals surface area contributed by atoms with Crippen LogP contribution in [0.25, 0.3) is 0 Å². The predicted octanol–water partition coefficient (Wildman–Crippen LogP) is -6.82. The summed E-state index contributed by atoms with van der Waals surface area (Å²) < 4.78 is 0.161. The molecule has 7 heteroatoms. The Labute approximate surface area is 139 Å².